The van der Waals surface area contributed by atoms with E-state index in [-0.39, 0.29) is 24.2 Å². The number of carbonyl (C=O) groups is 2. The van der Waals surface area contributed by atoms with Crippen molar-refractivity contribution in [3.05, 3.63) is 93.7 Å². The van der Waals surface area contributed by atoms with Gasteiger partial charge in [-0.05, 0) is 40.6 Å². The number of nitrogens with one attached hydrogen (secondary N) is 1. The molecule has 3 saturated heterocycles. The number of fused-ring (bicyclic) bond motifs is 3. The molecule has 5 nitrogen and oxygen atoms in total. The van der Waals surface area contributed by atoms with Crippen LogP contribution < -0.4 is 17.7 Å². The third-order valence-corrected chi connectivity index (χ3v) is 8.46. The number of hydrogen-bond donors (Lipinski definition) is 1. The van der Waals surface area contributed by atoms with Gasteiger partial charge in [0.25, 0.3) is 0 Å². The van der Waals surface area contributed by atoms with Crippen molar-refractivity contribution >= 4 is 23.2 Å². The lowest BCUT2D eigenvalue weighted by Gasteiger charge is -2.52. The second-order valence-corrected chi connectivity index (χ2v) is 10.9. The average Bonchev–Trinajstić information content (AvgIpc) is 3.43. The maximum Gasteiger partial charge on any atom is 0.416 e. The first-order valence-electron chi connectivity index (χ1n) is 12.3. The van der Waals surface area contributed by atoms with Gasteiger partial charge in [0.05, 0.1) is 36.1 Å². The Morgan fingerprint density at radius 3 is 2.24 bits per heavy atom. The summed E-state index contributed by atoms with van der Waals surface area (Å²) in [5, 5.41) is 4.92. The fraction of sp³-hybridized carbons (Fsp3) is 0.357. The minimum Gasteiger partial charge on any atom is -1.00 e. The monoisotopic (exact) mass is 564 g/mol. The van der Waals surface area contributed by atoms with Gasteiger partial charge < -0.3 is 26.9 Å². The zero-order valence-corrected chi connectivity index (χ0v) is 22.1. The van der Waals surface area contributed by atoms with E-state index in [9.17, 15) is 22.8 Å². The van der Waals surface area contributed by atoms with Crippen LogP contribution in [-0.2, 0) is 10.9 Å². The number of rotatable bonds is 7. The third kappa shape index (κ3) is 6.22. The molecule has 0 radical (unpaired) electrons. The Balaban J connectivity index is 0.00000336. The van der Waals surface area contributed by atoms with Gasteiger partial charge in [-0.15, -0.1) is 11.3 Å². The van der Waals surface area contributed by atoms with Crippen molar-refractivity contribution in [2.24, 2.45) is 5.92 Å². The number of carbonyl (C=O) groups excluding carboxylic acids is 2. The van der Waals surface area contributed by atoms with E-state index in [0.717, 1.165) is 42.9 Å². The average molecular weight is 565 g/mol. The number of nitrogens with zero attached hydrogens (tertiary/aromatic N) is 1. The maximum absolute atomic E-state index is 13.1. The number of halogens is 4. The van der Waals surface area contributed by atoms with Gasteiger partial charge in [-0.1, -0.05) is 48.5 Å². The molecule has 10 heteroatoms. The molecule has 3 aliphatic rings. The smallest absolute Gasteiger partial charge is 0.416 e. The Bertz CT molecular complexity index is 1230. The number of hydrogen-bond acceptors (Lipinski definition) is 4. The van der Waals surface area contributed by atoms with Crippen molar-refractivity contribution in [3.8, 4) is 0 Å². The summed E-state index contributed by atoms with van der Waals surface area (Å²) in [5.41, 5.74) is 0.357. The largest absolute Gasteiger partial charge is 1.00 e. The van der Waals surface area contributed by atoms with E-state index in [2.05, 4.69) is 5.32 Å². The standard InChI is InChI=1S/C28H27F3N2O3S.ClH/c29-28(30,31)22-10-8-21(9-11-22)26(20-5-2-1-3-6-20)36-27(35)32-23-17-33(14-12-19(23)13-15-33)18-24(34)25-7-4-16-37-25;/h1-11,16,19,23,26H,12-15,17-18H2;1H/t19?,23-,26?,33?;/m0./s1. The second kappa shape index (κ2) is 11.5. The quantitative estimate of drug-likeness (QED) is 0.355. The molecule has 0 saturated carbocycles. The zero-order chi connectivity index (χ0) is 26.0. The molecular weight excluding hydrogens is 537 g/mol. The fourth-order valence-electron chi connectivity index (χ4n) is 5.59. The van der Waals surface area contributed by atoms with Crippen LogP contribution in [0.5, 0.6) is 0 Å². The van der Waals surface area contributed by atoms with Crippen molar-refractivity contribution in [3.63, 3.8) is 0 Å². The molecule has 38 heavy (non-hydrogen) atoms. The lowest BCUT2D eigenvalue weighted by Crippen LogP contribution is -3.00. The number of thiophene rings is 1. The number of Topliss-reactive ketones (excluding diaryl/α,β-unsaturated/α-hetero) is 1. The fourth-order valence-corrected chi connectivity index (χ4v) is 6.25. The Morgan fingerprint density at radius 2 is 1.63 bits per heavy atom. The molecule has 3 fully saturated rings. The number of quaternary nitrogens is 1. The first kappa shape index (κ1) is 28.1. The number of piperidine rings is 3. The normalized spacial score (nSPS) is 23.2. The van der Waals surface area contributed by atoms with Crippen LogP contribution in [0.2, 0.25) is 0 Å². The van der Waals surface area contributed by atoms with Crippen LogP contribution in [0.4, 0.5) is 18.0 Å². The van der Waals surface area contributed by atoms with Crippen molar-refractivity contribution in [1.29, 1.82) is 0 Å². The van der Waals surface area contributed by atoms with Crippen LogP contribution in [0.25, 0.3) is 0 Å². The van der Waals surface area contributed by atoms with E-state index < -0.39 is 23.9 Å². The molecule has 6 rings (SSSR count). The molecule has 1 unspecified atom stereocenters. The molecule has 1 N–H and O–H groups in total. The molecule has 3 aromatic rings. The summed E-state index contributed by atoms with van der Waals surface area (Å²) in [6.07, 6.45) is -4.07. The van der Waals surface area contributed by atoms with Crippen LogP contribution >= 0.6 is 11.3 Å². The first-order valence-corrected chi connectivity index (χ1v) is 13.2. The molecule has 0 spiro atoms. The lowest BCUT2D eigenvalue weighted by atomic mass is 9.81. The van der Waals surface area contributed by atoms with Gasteiger partial charge in [-0.3, -0.25) is 4.79 Å². The topological polar surface area (TPSA) is 55.4 Å². The van der Waals surface area contributed by atoms with Gasteiger partial charge in [-0.2, -0.15) is 13.2 Å². The predicted molar refractivity (Wildman–Crippen MR) is 134 cm³/mol. The molecular formula is C28H28ClF3N2O3S. The minimum absolute atomic E-state index is 0. The Hall–Kier alpha value is -2.88. The summed E-state index contributed by atoms with van der Waals surface area (Å²) in [6.45, 7) is 2.90. The summed E-state index contributed by atoms with van der Waals surface area (Å²) in [5.74, 6) is 0.439. The predicted octanol–water partition coefficient (Wildman–Crippen LogP) is 3.08. The van der Waals surface area contributed by atoms with Gasteiger partial charge in [0.15, 0.2) is 6.10 Å². The molecule has 4 heterocycles. The summed E-state index contributed by atoms with van der Waals surface area (Å²) in [4.78, 5) is 26.7. The third-order valence-electron chi connectivity index (χ3n) is 7.55. The zero-order valence-electron chi connectivity index (χ0n) is 20.5. The van der Waals surface area contributed by atoms with E-state index in [1.807, 2.05) is 23.6 Å². The number of ether oxygens (including phenoxy) is 1. The lowest BCUT2D eigenvalue weighted by molar-refractivity contribution is -0.936. The van der Waals surface area contributed by atoms with Crippen molar-refractivity contribution in [2.45, 2.75) is 31.2 Å². The van der Waals surface area contributed by atoms with Gasteiger partial charge >= 0.3 is 12.3 Å². The highest BCUT2D eigenvalue weighted by molar-refractivity contribution is 7.12. The summed E-state index contributed by atoms with van der Waals surface area (Å²) in [6, 6.07) is 17.2. The first-order chi connectivity index (χ1) is 17.7. The van der Waals surface area contributed by atoms with E-state index in [1.54, 1.807) is 24.3 Å². The number of amides is 1. The molecule has 0 aliphatic carbocycles. The van der Waals surface area contributed by atoms with Crippen LogP contribution in [0.1, 0.15) is 45.3 Å². The minimum atomic E-state index is -4.45. The summed E-state index contributed by atoms with van der Waals surface area (Å²) >= 11 is 1.45. The van der Waals surface area contributed by atoms with Gasteiger partial charge in [0, 0.05) is 12.8 Å². The maximum atomic E-state index is 13.1. The molecule has 2 atom stereocenters. The molecule has 1 amide bonds. The van der Waals surface area contributed by atoms with Crippen LogP contribution in [0.3, 0.4) is 0 Å². The van der Waals surface area contributed by atoms with E-state index >= 15 is 0 Å². The Kier molecular flexibility index (Phi) is 8.49. The van der Waals surface area contributed by atoms with E-state index in [1.165, 1.54) is 23.5 Å². The highest BCUT2D eigenvalue weighted by Gasteiger charge is 2.47. The van der Waals surface area contributed by atoms with Crippen molar-refractivity contribution in [2.75, 3.05) is 26.2 Å². The molecule has 202 valence electrons. The number of benzene rings is 2. The van der Waals surface area contributed by atoms with E-state index in [0.29, 0.717) is 34.6 Å². The van der Waals surface area contributed by atoms with E-state index in [4.69, 9.17) is 4.74 Å². The molecule has 2 bridgehead atoms. The Morgan fingerprint density at radius 1 is 0.974 bits per heavy atom. The molecule has 3 aliphatic heterocycles. The number of alkyl halides is 3. The van der Waals surface area contributed by atoms with Crippen LogP contribution in [0.15, 0.2) is 72.1 Å². The second-order valence-electron chi connectivity index (χ2n) is 9.93. The van der Waals surface area contributed by atoms with Crippen molar-refractivity contribution < 1.29 is 44.4 Å². The van der Waals surface area contributed by atoms with Crippen LogP contribution in [0, 0.1) is 5.92 Å². The highest BCUT2D eigenvalue weighted by Crippen LogP contribution is 2.35. The number of alkyl carbamates (subject to hydrolysis) is 1. The molecule has 1 aromatic heterocycles. The van der Waals surface area contributed by atoms with Crippen LogP contribution in [-0.4, -0.2) is 48.6 Å². The number of ketones is 1. The highest BCUT2D eigenvalue weighted by atomic mass is 35.5. The van der Waals surface area contributed by atoms with Crippen molar-refractivity contribution in [1.82, 2.24) is 5.32 Å². The molecule has 2 aromatic carbocycles. The SMILES string of the molecule is O=C(N[C@H]1C[N+]2(CC(=O)c3cccs3)CCC1CC2)OC(c1ccccc1)c1ccc(C(F)(F)F)cc1.[Cl-]. The Labute approximate surface area is 229 Å². The summed E-state index contributed by atoms with van der Waals surface area (Å²) in [7, 11) is 0. The summed E-state index contributed by atoms with van der Waals surface area (Å²) < 4.78 is 45.7. The van der Waals surface area contributed by atoms with Gasteiger partial charge in [0.2, 0.25) is 5.78 Å². The van der Waals surface area contributed by atoms with Gasteiger partial charge in [-0.25, -0.2) is 4.79 Å². The van der Waals surface area contributed by atoms with Gasteiger partial charge in [0.1, 0.15) is 6.54 Å².